The molecule has 114 valence electrons. The second-order valence-electron chi connectivity index (χ2n) is 4.78. The van der Waals surface area contributed by atoms with Crippen molar-refractivity contribution in [2.75, 3.05) is 5.32 Å². The summed E-state index contributed by atoms with van der Waals surface area (Å²) in [4.78, 5) is 16.1. The number of nitrogens with zero attached hydrogens (tertiary/aromatic N) is 1. The maximum atomic E-state index is 12.1. The first kappa shape index (κ1) is 15.1. The van der Waals surface area contributed by atoms with Crippen molar-refractivity contribution in [3.05, 3.63) is 83.6 Å². The number of halogens is 1. The highest BCUT2D eigenvalue weighted by atomic mass is 35.5. The van der Waals surface area contributed by atoms with Crippen LogP contribution in [0.25, 0.3) is 0 Å². The lowest BCUT2D eigenvalue weighted by atomic mass is 10.2. The minimum Gasteiger partial charge on any atom is -0.456 e. The van der Waals surface area contributed by atoms with Gasteiger partial charge in [-0.25, -0.2) is 0 Å². The predicted molar refractivity (Wildman–Crippen MR) is 90.2 cm³/mol. The molecule has 0 aliphatic heterocycles. The van der Waals surface area contributed by atoms with Gasteiger partial charge in [0.25, 0.3) is 5.91 Å². The quantitative estimate of drug-likeness (QED) is 0.751. The summed E-state index contributed by atoms with van der Waals surface area (Å²) in [6.45, 7) is 0. The molecule has 0 saturated carbocycles. The molecule has 0 fully saturated rings. The average Bonchev–Trinajstić information content (AvgIpc) is 2.57. The molecule has 0 saturated heterocycles. The summed E-state index contributed by atoms with van der Waals surface area (Å²) in [7, 11) is 0. The van der Waals surface area contributed by atoms with Gasteiger partial charge in [0.15, 0.2) is 0 Å². The molecule has 0 spiro atoms. The van der Waals surface area contributed by atoms with Crippen LogP contribution in [0, 0.1) is 0 Å². The van der Waals surface area contributed by atoms with Crippen LogP contribution in [0.2, 0.25) is 5.02 Å². The number of hydrogen-bond acceptors (Lipinski definition) is 3. The van der Waals surface area contributed by atoms with Crippen molar-refractivity contribution < 1.29 is 9.53 Å². The van der Waals surface area contributed by atoms with Gasteiger partial charge in [0.05, 0.1) is 6.20 Å². The summed E-state index contributed by atoms with van der Waals surface area (Å²) in [6.07, 6.45) is 3.32. The van der Waals surface area contributed by atoms with E-state index in [2.05, 4.69) is 10.3 Å². The molecule has 0 unspecified atom stereocenters. The van der Waals surface area contributed by atoms with Crippen LogP contribution in [-0.2, 0) is 0 Å². The molecular weight excluding hydrogens is 312 g/mol. The third-order valence-corrected chi connectivity index (χ3v) is 3.30. The van der Waals surface area contributed by atoms with Crippen LogP contribution in [0.4, 0.5) is 5.69 Å². The van der Waals surface area contributed by atoms with Crippen LogP contribution in [0.15, 0.2) is 73.1 Å². The van der Waals surface area contributed by atoms with E-state index >= 15 is 0 Å². The van der Waals surface area contributed by atoms with E-state index in [4.69, 9.17) is 16.3 Å². The Labute approximate surface area is 138 Å². The van der Waals surface area contributed by atoms with E-state index < -0.39 is 0 Å². The Morgan fingerprint density at radius 1 is 1.00 bits per heavy atom. The predicted octanol–water partition coefficient (Wildman–Crippen LogP) is 4.78. The van der Waals surface area contributed by atoms with E-state index in [-0.39, 0.29) is 5.91 Å². The lowest BCUT2D eigenvalue weighted by Crippen LogP contribution is -2.11. The second-order valence-corrected chi connectivity index (χ2v) is 5.22. The molecule has 0 atom stereocenters. The Morgan fingerprint density at radius 2 is 1.83 bits per heavy atom. The number of benzene rings is 2. The third-order valence-electron chi connectivity index (χ3n) is 3.07. The molecule has 4 nitrogen and oxygen atoms in total. The van der Waals surface area contributed by atoms with E-state index in [0.717, 1.165) is 0 Å². The zero-order valence-electron chi connectivity index (χ0n) is 12.1. The summed E-state index contributed by atoms with van der Waals surface area (Å²) in [5.74, 6) is 1.11. The van der Waals surface area contributed by atoms with Crippen LogP contribution in [0.5, 0.6) is 11.5 Å². The minimum absolute atomic E-state index is 0.214. The fourth-order valence-corrected chi connectivity index (χ4v) is 2.17. The van der Waals surface area contributed by atoms with Crippen molar-refractivity contribution >= 4 is 23.2 Å². The fourth-order valence-electron chi connectivity index (χ4n) is 1.98. The molecule has 2 aromatic carbocycles. The summed E-state index contributed by atoms with van der Waals surface area (Å²) >= 11 is 5.89. The van der Waals surface area contributed by atoms with E-state index in [9.17, 15) is 4.79 Å². The zero-order chi connectivity index (χ0) is 16.1. The largest absolute Gasteiger partial charge is 0.456 e. The third kappa shape index (κ3) is 4.08. The van der Waals surface area contributed by atoms with Gasteiger partial charge in [-0.15, -0.1) is 0 Å². The molecule has 0 aliphatic rings. The van der Waals surface area contributed by atoms with Crippen molar-refractivity contribution in [3.8, 4) is 11.5 Å². The number of anilines is 1. The van der Waals surface area contributed by atoms with Gasteiger partial charge in [0.2, 0.25) is 0 Å². The van der Waals surface area contributed by atoms with Crippen LogP contribution in [-0.4, -0.2) is 10.9 Å². The molecule has 23 heavy (non-hydrogen) atoms. The summed E-state index contributed by atoms with van der Waals surface area (Å²) in [5, 5.41) is 3.34. The van der Waals surface area contributed by atoms with Crippen molar-refractivity contribution in [2.45, 2.75) is 0 Å². The van der Waals surface area contributed by atoms with Crippen LogP contribution >= 0.6 is 11.6 Å². The van der Waals surface area contributed by atoms with Crippen molar-refractivity contribution in [1.29, 1.82) is 0 Å². The Hall–Kier alpha value is -2.85. The first-order valence-electron chi connectivity index (χ1n) is 6.95. The normalized spacial score (nSPS) is 10.1. The zero-order valence-corrected chi connectivity index (χ0v) is 12.8. The standard InChI is InChI=1S/C18H13ClN2O2/c19-14-4-1-3-13(11-14)18(22)21-15-6-8-16(9-7-15)23-17-5-2-10-20-12-17/h1-12H,(H,21,22). The molecule has 3 rings (SSSR count). The number of amides is 1. The number of rotatable bonds is 4. The molecule has 5 heteroatoms. The summed E-state index contributed by atoms with van der Waals surface area (Å²) < 4.78 is 5.65. The molecule has 0 radical (unpaired) electrons. The number of nitrogens with one attached hydrogen (secondary N) is 1. The van der Waals surface area contributed by atoms with E-state index in [1.54, 1.807) is 67.0 Å². The van der Waals surface area contributed by atoms with Gasteiger partial charge in [-0.05, 0) is 54.6 Å². The van der Waals surface area contributed by atoms with Gasteiger partial charge in [-0.3, -0.25) is 9.78 Å². The molecular formula is C18H13ClN2O2. The van der Waals surface area contributed by atoms with Crippen LogP contribution in [0.1, 0.15) is 10.4 Å². The average molecular weight is 325 g/mol. The monoisotopic (exact) mass is 324 g/mol. The van der Waals surface area contributed by atoms with Crippen LogP contribution < -0.4 is 10.1 Å². The number of aromatic nitrogens is 1. The Balaban J connectivity index is 1.67. The van der Waals surface area contributed by atoms with Gasteiger partial charge < -0.3 is 10.1 Å². The Kier molecular flexibility index (Phi) is 4.54. The van der Waals surface area contributed by atoms with E-state index in [1.807, 2.05) is 6.07 Å². The second kappa shape index (κ2) is 6.94. The van der Waals surface area contributed by atoms with E-state index in [1.165, 1.54) is 0 Å². The smallest absolute Gasteiger partial charge is 0.255 e. The van der Waals surface area contributed by atoms with Gasteiger partial charge in [0, 0.05) is 22.5 Å². The molecule has 1 amide bonds. The topological polar surface area (TPSA) is 51.2 Å². The van der Waals surface area contributed by atoms with Crippen molar-refractivity contribution in [2.24, 2.45) is 0 Å². The Bertz CT molecular complexity index is 805. The number of pyridine rings is 1. The lowest BCUT2D eigenvalue weighted by Gasteiger charge is -2.08. The summed E-state index contributed by atoms with van der Waals surface area (Å²) in [5.41, 5.74) is 1.18. The molecule has 1 heterocycles. The van der Waals surface area contributed by atoms with Crippen molar-refractivity contribution in [1.82, 2.24) is 4.98 Å². The van der Waals surface area contributed by atoms with Gasteiger partial charge in [-0.2, -0.15) is 0 Å². The SMILES string of the molecule is O=C(Nc1ccc(Oc2cccnc2)cc1)c1cccc(Cl)c1. The van der Waals surface area contributed by atoms with Gasteiger partial charge in [0.1, 0.15) is 11.5 Å². The number of hydrogen-bond donors (Lipinski definition) is 1. The maximum absolute atomic E-state index is 12.1. The first-order chi connectivity index (χ1) is 11.2. The minimum atomic E-state index is -0.214. The highest BCUT2D eigenvalue weighted by Gasteiger charge is 2.06. The number of ether oxygens (including phenoxy) is 1. The molecule has 3 aromatic rings. The summed E-state index contributed by atoms with van der Waals surface area (Å²) in [6, 6.07) is 17.5. The highest BCUT2D eigenvalue weighted by Crippen LogP contribution is 2.22. The number of carbonyl (C=O) groups excluding carboxylic acids is 1. The fraction of sp³-hybridized carbons (Fsp3) is 0. The molecule has 0 aliphatic carbocycles. The van der Waals surface area contributed by atoms with Gasteiger partial charge in [-0.1, -0.05) is 17.7 Å². The lowest BCUT2D eigenvalue weighted by molar-refractivity contribution is 0.102. The molecule has 0 bridgehead atoms. The van der Waals surface area contributed by atoms with Crippen molar-refractivity contribution in [3.63, 3.8) is 0 Å². The maximum Gasteiger partial charge on any atom is 0.255 e. The van der Waals surface area contributed by atoms with E-state index in [0.29, 0.717) is 27.8 Å². The molecule has 1 N–H and O–H groups in total. The Morgan fingerprint density at radius 3 is 2.52 bits per heavy atom. The highest BCUT2D eigenvalue weighted by molar-refractivity contribution is 6.31. The molecule has 1 aromatic heterocycles. The first-order valence-corrected chi connectivity index (χ1v) is 7.33. The number of carbonyl (C=O) groups is 1. The van der Waals surface area contributed by atoms with Gasteiger partial charge >= 0.3 is 0 Å². The van der Waals surface area contributed by atoms with Crippen LogP contribution in [0.3, 0.4) is 0 Å².